The molecule has 0 aliphatic carbocycles. The second-order valence-electron chi connectivity index (χ2n) is 3.01. The number of benzene rings is 2. The van der Waals surface area contributed by atoms with Crippen LogP contribution in [0, 0.1) is 0 Å². The van der Waals surface area contributed by atoms with Crippen LogP contribution in [0.2, 0.25) is 0 Å². The quantitative estimate of drug-likeness (QED) is 0.856. The summed E-state index contributed by atoms with van der Waals surface area (Å²) in [6.07, 6.45) is 0. The minimum absolute atomic E-state index is 0.0443. The molecule has 17 heavy (non-hydrogen) atoms. The zero-order valence-electron chi connectivity index (χ0n) is 13.4. The van der Waals surface area contributed by atoms with Gasteiger partial charge in [-0.1, -0.05) is 48.4 Å². The Hall–Kier alpha value is -1.85. The molecule has 0 atom stereocenters. The van der Waals surface area contributed by atoms with Crippen molar-refractivity contribution in [3.8, 4) is 16.9 Å². The van der Waals surface area contributed by atoms with E-state index in [1.807, 2.05) is 0 Å². The van der Waals surface area contributed by atoms with Crippen molar-refractivity contribution < 1.29 is 24.0 Å². The van der Waals surface area contributed by atoms with E-state index < -0.39 is 40.6 Å². The molecule has 2 aromatic rings. The fourth-order valence-corrected chi connectivity index (χ4v) is 1.62. The lowest BCUT2D eigenvalue weighted by Gasteiger charge is -2.08. The minimum atomic E-state index is -4.82. The molecule has 2 aromatic carbocycles. The van der Waals surface area contributed by atoms with Crippen molar-refractivity contribution in [3.05, 3.63) is 54.5 Å². The van der Waals surface area contributed by atoms with E-state index in [4.69, 9.17) is 11.4 Å². The van der Waals surface area contributed by atoms with Gasteiger partial charge in [-0.05, 0) is 11.6 Å². The van der Waals surface area contributed by atoms with E-state index in [0.717, 1.165) is 0 Å². The summed E-state index contributed by atoms with van der Waals surface area (Å²) in [6, 6.07) is 2.74. The number of hydrogen-bond donors (Lipinski definition) is 1. The monoisotopic (exact) mass is 255 g/mol. The Kier molecular flexibility index (Phi) is 1.82. The van der Waals surface area contributed by atoms with E-state index in [0.29, 0.717) is 0 Å². The SMILES string of the molecule is [2H]c1c([2H])c([2H])c(-c2ccccc2OS(=O)(=O)O)c([2H])c1[2H]. The molecular formula is C12H10O4S. The lowest BCUT2D eigenvalue weighted by Crippen LogP contribution is -2.07. The molecule has 0 unspecified atom stereocenters. The van der Waals surface area contributed by atoms with Gasteiger partial charge in [0.2, 0.25) is 0 Å². The molecule has 0 saturated heterocycles. The number of para-hydroxylation sites is 1. The highest BCUT2D eigenvalue weighted by atomic mass is 32.3. The Morgan fingerprint density at radius 3 is 2.41 bits per heavy atom. The first-order valence-corrected chi connectivity index (χ1v) is 5.83. The van der Waals surface area contributed by atoms with Gasteiger partial charge in [-0.2, -0.15) is 8.42 Å². The van der Waals surface area contributed by atoms with Crippen molar-refractivity contribution in [3.63, 3.8) is 0 Å². The van der Waals surface area contributed by atoms with Crippen LogP contribution in [-0.4, -0.2) is 13.0 Å². The Balaban J connectivity index is 2.79. The van der Waals surface area contributed by atoms with Crippen LogP contribution in [0.4, 0.5) is 0 Å². The van der Waals surface area contributed by atoms with Crippen LogP contribution < -0.4 is 4.18 Å². The molecule has 5 heteroatoms. The molecule has 1 N–H and O–H groups in total. The van der Waals surface area contributed by atoms with Crippen LogP contribution in [0.15, 0.2) is 54.5 Å². The van der Waals surface area contributed by atoms with Crippen molar-refractivity contribution in [1.29, 1.82) is 0 Å². The first kappa shape index (κ1) is 6.78. The summed E-state index contributed by atoms with van der Waals surface area (Å²) in [7, 11) is -4.82. The second kappa shape index (κ2) is 4.57. The van der Waals surface area contributed by atoms with E-state index in [1.54, 1.807) is 0 Å². The van der Waals surface area contributed by atoms with Gasteiger partial charge in [0.15, 0.2) is 5.75 Å². The van der Waals surface area contributed by atoms with Crippen molar-refractivity contribution in [2.75, 3.05) is 0 Å². The van der Waals surface area contributed by atoms with Crippen molar-refractivity contribution in [2.45, 2.75) is 0 Å². The van der Waals surface area contributed by atoms with Crippen LogP contribution in [0.1, 0.15) is 6.85 Å². The Morgan fingerprint density at radius 1 is 1.12 bits per heavy atom. The molecule has 0 aliphatic rings. The molecule has 0 amide bonds. The molecule has 0 saturated carbocycles. The van der Waals surface area contributed by atoms with Crippen LogP contribution in [0.5, 0.6) is 5.75 Å². The molecule has 0 spiro atoms. The molecule has 0 fully saturated rings. The first-order chi connectivity index (χ1) is 10.1. The maximum absolute atomic E-state index is 10.9. The average Bonchev–Trinajstić information content (AvgIpc) is 2.43. The summed E-state index contributed by atoms with van der Waals surface area (Å²) in [4.78, 5) is 0. The minimum Gasteiger partial charge on any atom is -0.361 e. The summed E-state index contributed by atoms with van der Waals surface area (Å²) in [5.74, 6) is -0.344. The molecule has 0 aromatic heterocycles. The first-order valence-electron chi connectivity index (χ1n) is 6.96. The van der Waals surface area contributed by atoms with Crippen molar-refractivity contribution in [2.24, 2.45) is 0 Å². The van der Waals surface area contributed by atoms with E-state index in [1.165, 1.54) is 24.3 Å². The predicted octanol–water partition coefficient (Wildman–Crippen LogP) is 2.54. The van der Waals surface area contributed by atoms with Gasteiger partial charge in [0.05, 0.1) is 6.85 Å². The van der Waals surface area contributed by atoms with Crippen LogP contribution in [0.3, 0.4) is 0 Å². The summed E-state index contributed by atoms with van der Waals surface area (Å²) in [5.41, 5.74) is -0.262. The summed E-state index contributed by atoms with van der Waals surface area (Å²) in [6.45, 7) is 0. The Morgan fingerprint density at radius 2 is 1.76 bits per heavy atom. The number of rotatable bonds is 3. The van der Waals surface area contributed by atoms with E-state index in [9.17, 15) is 8.42 Å². The normalized spacial score (nSPS) is 15.2. The van der Waals surface area contributed by atoms with Gasteiger partial charge in [0, 0.05) is 5.56 Å². The van der Waals surface area contributed by atoms with Gasteiger partial charge in [-0.25, -0.2) is 0 Å². The number of hydrogen-bond acceptors (Lipinski definition) is 3. The maximum atomic E-state index is 10.9. The third-order valence-corrected chi connectivity index (χ3v) is 2.24. The highest BCUT2D eigenvalue weighted by Crippen LogP contribution is 2.30. The Labute approximate surface area is 106 Å². The Bertz CT molecular complexity index is 822. The van der Waals surface area contributed by atoms with E-state index >= 15 is 0 Å². The molecule has 88 valence electrons. The lowest BCUT2D eigenvalue weighted by atomic mass is 10.1. The predicted molar refractivity (Wildman–Crippen MR) is 64.1 cm³/mol. The molecule has 0 radical (unpaired) electrons. The van der Waals surface area contributed by atoms with Gasteiger partial charge in [-0.3, -0.25) is 4.55 Å². The highest BCUT2D eigenvalue weighted by Gasteiger charge is 2.11. The van der Waals surface area contributed by atoms with Crippen molar-refractivity contribution in [1.82, 2.24) is 0 Å². The molecule has 2 rings (SSSR count). The summed E-state index contributed by atoms with van der Waals surface area (Å²) >= 11 is 0. The third kappa shape index (κ3) is 3.05. The van der Waals surface area contributed by atoms with Crippen LogP contribution >= 0.6 is 0 Å². The van der Waals surface area contributed by atoms with Gasteiger partial charge in [-0.15, -0.1) is 0 Å². The van der Waals surface area contributed by atoms with E-state index in [2.05, 4.69) is 4.18 Å². The zero-order valence-corrected chi connectivity index (χ0v) is 9.21. The topological polar surface area (TPSA) is 63.6 Å². The van der Waals surface area contributed by atoms with Gasteiger partial charge in [0.1, 0.15) is 0 Å². The zero-order chi connectivity index (χ0) is 16.7. The standard InChI is InChI=1S/C12H10O4S/c13-17(14,15)16-12-9-5-4-8-11(12)10-6-2-1-3-7-10/h1-9H,(H,13,14,15)/i1D,2D,3D,6D,7D. The maximum Gasteiger partial charge on any atom is 0.446 e. The molecular weight excluding hydrogens is 240 g/mol. The fraction of sp³-hybridized carbons (Fsp3) is 0. The smallest absolute Gasteiger partial charge is 0.361 e. The third-order valence-electron chi connectivity index (χ3n) is 1.85. The fourth-order valence-electron chi connectivity index (χ4n) is 1.24. The van der Waals surface area contributed by atoms with Gasteiger partial charge < -0.3 is 4.18 Å². The lowest BCUT2D eigenvalue weighted by molar-refractivity contribution is 0.387. The summed E-state index contributed by atoms with van der Waals surface area (Å²) < 4.78 is 73.4. The van der Waals surface area contributed by atoms with Crippen molar-refractivity contribution >= 4 is 10.4 Å². The van der Waals surface area contributed by atoms with Crippen LogP contribution in [0.25, 0.3) is 11.1 Å². The van der Waals surface area contributed by atoms with E-state index in [-0.39, 0.29) is 16.9 Å². The van der Waals surface area contributed by atoms with Gasteiger partial charge in [0.25, 0.3) is 0 Å². The van der Waals surface area contributed by atoms with Gasteiger partial charge >= 0.3 is 10.4 Å². The second-order valence-corrected chi connectivity index (χ2v) is 4.03. The molecule has 0 bridgehead atoms. The average molecular weight is 255 g/mol. The highest BCUT2D eigenvalue weighted by molar-refractivity contribution is 7.81. The summed E-state index contributed by atoms with van der Waals surface area (Å²) in [5, 5.41) is 0. The molecule has 0 aliphatic heterocycles. The largest absolute Gasteiger partial charge is 0.446 e. The molecule has 0 heterocycles. The molecule has 4 nitrogen and oxygen atoms in total. The van der Waals surface area contributed by atoms with Crippen LogP contribution in [-0.2, 0) is 10.4 Å².